The van der Waals surface area contributed by atoms with Crippen LogP contribution in [0.15, 0.2) is 0 Å². The average Bonchev–Trinajstić information content (AvgIpc) is 2.65. The zero-order chi connectivity index (χ0) is 9.26. The van der Waals surface area contributed by atoms with Crippen molar-refractivity contribution < 1.29 is 4.74 Å². The highest BCUT2D eigenvalue weighted by Gasteiger charge is 2.40. The molecule has 1 aliphatic carbocycles. The van der Waals surface area contributed by atoms with E-state index in [1.54, 1.807) is 7.11 Å². The van der Waals surface area contributed by atoms with Crippen molar-refractivity contribution in [2.24, 2.45) is 17.6 Å². The summed E-state index contributed by atoms with van der Waals surface area (Å²) in [6.45, 7) is 4.39. The second-order valence-corrected chi connectivity index (χ2v) is 4.42. The van der Waals surface area contributed by atoms with Crippen molar-refractivity contribution >= 4 is 0 Å². The summed E-state index contributed by atoms with van der Waals surface area (Å²) < 4.78 is 5.08. The lowest BCUT2D eigenvalue weighted by atomic mass is 9.98. The van der Waals surface area contributed by atoms with Crippen molar-refractivity contribution in [3.63, 3.8) is 0 Å². The molecule has 0 aromatic heterocycles. The fourth-order valence-corrected chi connectivity index (χ4v) is 2.80. The van der Waals surface area contributed by atoms with Crippen molar-refractivity contribution in [3.05, 3.63) is 0 Å². The Morgan fingerprint density at radius 1 is 1.38 bits per heavy atom. The molecule has 0 bridgehead atoms. The van der Waals surface area contributed by atoms with Gasteiger partial charge in [0.05, 0.1) is 6.61 Å². The first kappa shape index (κ1) is 9.44. The van der Waals surface area contributed by atoms with E-state index in [0.717, 1.165) is 25.0 Å². The predicted molar refractivity (Wildman–Crippen MR) is 52.5 cm³/mol. The lowest BCUT2D eigenvalue weighted by molar-refractivity contribution is 0.156. The lowest BCUT2D eigenvalue weighted by Crippen LogP contribution is -2.31. The van der Waals surface area contributed by atoms with Crippen molar-refractivity contribution in [3.8, 4) is 0 Å². The van der Waals surface area contributed by atoms with Gasteiger partial charge in [0.15, 0.2) is 0 Å². The molecular weight excluding hydrogens is 164 g/mol. The van der Waals surface area contributed by atoms with Crippen LogP contribution in [0.3, 0.4) is 0 Å². The van der Waals surface area contributed by atoms with E-state index < -0.39 is 0 Å². The summed E-state index contributed by atoms with van der Waals surface area (Å²) in [5.41, 5.74) is 6.05. The maximum atomic E-state index is 6.05. The van der Waals surface area contributed by atoms with Crippen LogP contribution in [0.2, 0.25) is 0 Å². The number of fused-ring (bicyclic) bond motifs is 1. The lowest BCUT2D eigenvalue weighted by Gasteiger charge is -2.17. The Morgan fingerprint density at radius 3 is 2.92 bits per heavy atom. The van der Waals surface area contributed by atoms with Gasteiger partial charge in [-0.1, -0.05) is 0 Å². The largest absolute Gasteiger partial charge is 0.383 e. The fraction of sp³-hybridized carbons (Fsp3) is 1.00. The Morgan fingerprint density at radius 2 is 2.23 bits per heavy atom. The van der Waals surface area contributed by atoms with Gasteiger partial charge in [0, 0.05) is 32.8 Å². The van der Waals surface area contributed by atoms with Crippen LogP contribution in [-0.2, 0) is 4.74 Å². The number of hydrogen-bond donors (Lipinski definition) is 1. The zero-order valence-electron chi connectivity index (χ0n) is 8.41. The van der Waals surface area contributed by atoms with Crippen molar-refractivity contribution in [1.29, 1.82) is 0 Å². The summed E-state index contributed by atoms with van der Waals surface area (Å²) in [7, 11) is 1.77. The van der Waals surface area contributed by atoms with Crippen LogP contribution in [0.1, 0.15) is 12.8 Å². The quantitative estimate of drug-likeness (QED) is 0.685. The van der Waals surface area contributed by atoms with Crippen LogP contribution >= 0.6 is 0 Å². The normalized spacial score (nSPS) is 39.7. The third-order valence-electron chi connectivity index (χ3n) is 3.60. The Kier molecular flexibility index (Phi) is 2.86. The van der Waals surface area contributed by atoms with Gasteiger partial charge in [0.25, 0.3) is 0 Å². The van der Waals surface area contributed by atoms with E-state index >= 15 is 0 Å². The molecule has 2 fully saturated rings. The summed E-state index contributed by atoms with van der Waals surface area (Å²) in [6.07, 6.45) is 2.59. The number of rotatable bonds is 3. The first-order valence-corrected chi connectivity index (χ1v) is 5.28. The van der Waals surface area contributed by atoms with E-state index in [4.69, 9.17) is 10.5 Å². The van der Waals surface area contributed by atoms with Gasteiger partial charge in [-0.3, -0.25) is 0 Å². The molecule has 0 radical (unpaired) electrons. The average molecular weight is 184 g/mol. The maximum absolute atomic E-state index is 6.05. The Hall–Kier alpha value is -0.120. The van der Waals surface area contributed by atoms with Crippen molar-refractivity contribution in [2.45, 2.75) is 18.9 Å². The molecule has 2 N–H and O–H groups in total. The minimum Gasteiger partial charge on any atom is -0.383 e. The molecule has 0 amide bonds. The minimum atomic E-state index is 0.470. The van der Waals surface area contributed by atoms with Crippen LogP contribution in [0.25, 0.3) is 0 Å². The topological polar surface area (TPSA) is 38.5 Å². The van der Waals surface area contributed by atoms with E-state index in [0.29, 0.717) is 6.04 Å². The highest BCUT2D eigenvalue weighted by Crippen LogP contribution is 2.36. The summed E-state index contributed by atoms with van der Waals surface area (Å²) in [4.78, 5) is 2.50. The molecule has 1 aliphatic heterocycles. The number of methoxy groups -OCH3 is 1. The highest BCUT2D eigenvalue weighted by molar-refractivity contribution is 4.95. The van der Waals surface area contributed by atoms with Crippen molar-refractivity contribution in [1.82, 2.24) is 4.90 Å². The third-order valence-corrected chi connectivity index (χ3v) is 3.60. The second-order valence-electron chi connectivity index (χ2n) is 4.42. The maximum Gasteiger partial charge on any atom is 0.0589 e. The molecule has 0 spiro atoms. The van der Waals surface area contributed by atoms with Gasteiger partial charge < -0.3 is 15.4 Å². The second kappa shape index (κ2) is 3.95. The molecule has 3 heteroatoms. The third kappa shape index (κ3) is 1.87. The van der Waals surface area contributed by atoms with Gasteiger partial charge in [0.2, 0.25) is 0 Å². The number of likely N-dealkylation sites (tertiary alicyclic amines) is 1. The number of ether oxygens (including phenoxy) is 1. The Bertz CT molecular complexity index is 174. The summed E-state index contributed by atoms with van der Waals surface area (Å²) in [5, 5.41) is 0. The predicted octanol–water partition coefficient (Wildman–Crippen LogP) is 0.302. The molecule has 13 heavy (non-hydrogen) atoms. The van der Waals surface area contributed by atoms with Gasteiger partial charge in [-0.25, -0.2) is 0 Å². The van der Waals surface area contributed by atoms with Crippen LogP contribution in [0.4, 0.5) is 0 Å². The number of nitrogens with zero attached hydrogens (tertiary/aromatic N) is 1. The molecule has 2 aliphatic rings. The van der Waals surface area contributed by atoms with Gasteiger partial charge in [-0.05, 0) is 24.7 Å². The van der Waals surface area contributed by atoms with Gasteiger partial charge in [0.1, 0.15) is 0 Å². The van der Waals surface area contributed by atoms with Gasteiger partial charge in [-0.15, -0.1) is 0 Å². The first-order valence-electron chi connectivity index (χ1n) is 5.28. The molecule has 0 aromatic carbocycles. The molecule has 0 aromatic rings. The van der Waals surface area contributed by atoms with E-state index in [2.05, 4.69) is 4.90 Å². The highest BCUT2D eigenvalue weighted by atomic mass is 16.5. The van der Waals surface area contributed by atoms with Gasteiger partial charge >= 0.3 is 0 Å². The summed E-state index contributed by atoms with van der Waals surface area (Å²) in [6, 6.07) is 0.470. The molecular formula is C10H20N2O. The van der Waals surface area contributed by atoms with Crippen LogP contribution in [-0.4, -0.2) is 44.3 Å². The van der Waals surface area contributed by atoms with Gasteiger partial charge in [-0.2, -0.15) is 0 Å². The van der Waals surface area contributed by atoms with Crippen LogP contribution in [0, 0.1) is 11.8 Å². The summed E-state index contributed by atoms with van der Waals surface area (Å²) >= 11 is 0. The molecule has 1 heterocycles. The Balaban J connectivity index is 1.81. The molecule has 2 rings (SSSR count). The fourth-order valence-electron chi connectivity index (χ4n) is 2.80. The first-order chi connectivity index (χ1) is 6.31. The minimum absolute atomic E-state index is 0.470. The standard InChI is InChI=1S/C10H20N2O/c1-13-5-4-12-6-8-2-3-10(11)9(8)7-12/h8-10H,2-7,11H2,1H3. The molecule has 1 saturated heterocycles. The van der Waals surface area contributed by atoms with E-state index in [-0.39, 0.29) is 0 Å². The SMILES string of the molecule is COCCN1CC2CCC(N)C2C1. The van der Waals surface area contributed by atoms with E-state index in [9.17, 15) is 0 Å². The van der Waals surface area contributed by atoms with Crippen LogP contribution in [0.5, 0.6) is 0 Å². The Labute approximate surface area is 80.2 Å². The number of nitrogens with two attached hydrogens (primary N) is 1. The van der Waals surface area contributed by atoms with E-state index in [1.807, 2.05) is 0 Å². The van der Waals surface area contributed by atoms with E-state index in [1.165, 1.54) is 25.9 Å². The van der Waals surface area contributed by atoms with Crippen LogP contribution < -0.4 is 5.73 Å². The van der Waals surface area contributed by atoms with Crippen molar-refractivity contribution in [2.75, 3.05) is 33.4 Å². The molecule has 3 atom stereocenters. The summed E-state index contributed by atoms with van der Waals surface area (Å²) in [5.74, 6) is 1.66. The monoisotopic (exact) mass is 184 g/mol. The smallest absolute Gasteiger partial charge is 0.0589 e. The zero-order valence-corrected chi connectivity index (χ0v) is 8.41. The molecule has 3 nitrogen and oxygen atoms in total. The molecule has 1 saturated carbocycles. The molecule has 76 valence electrons. The number of hydrogen-bond acceptors (Lipinski definition) is 3. The molecule has 3 unspecified atom stereocenters.